The summed E-state index contributed by atoms with van der Waals surface area (Å²) in [5.74, 6) is -1.25. The molecule has 0 spiro atoms. The molecule has 0 aliphatic rings. The summed E-state index contributed by atoms with van der Waals surface area (Å²) in [5, 5.41) is 32.5. The van der Waals surface area contributed by atoms with E-state index in [0.717, 1.165) is 0 Å². The van der Waals surface area contributed by atoms with E-state index in [1.165, 1.54) is 61.6 Å². The topological polar surface area (TPSA) is 197 Å². The third-order valence-corrected chi connectivity index (χ3v) is 5.87. The molecule has 0 fully saturated rings. The molecule has 0 saturated carbocycles. The van der Waals surface area contributed by atoms with Crippen LogP contribution in [0.2, 0.25) is 0 Å². The van der Waals surface area contributed by atoms with Crippen LogP contribution in [-0.2, 0) is 6.54 Å². The minimum atomic E-state index is -0.697. The number of nitrogens with one attached hydrogen (secondary N) is 2. The van der Waals surface area contributed by atoms with Gasteiger partial charge in [0.25, 0.3) is 17.5 Å². The van der Waals surface area contributed by atoms with Crippen molar-refractivity contribution in [1.29, 1.82) is 0 Å². The monoisotopic (exact) mass is 558 g/mol. The number of aromatic nitrogens is 3. The van der Waals surface area contributed by atoms with Gasteiger partial charge in [0, 0.05) is 27.9 Å². The number of amides is 2. The molecule has 2 N–H and O–H groups in total. The quantitative estimate of drug-likeness (QED) is 0.166. The zero-order valence-electron chi connectivity index (χ0n) is 21.7. The van der Waals surface area contributed by atoms with Crippen LogP contribution in [0.3, 0.4) is 0 Å². The molecule has 4 rings (SSSR count). The van der Waals surface area contributed by atoms with E-state index >= 15 is 0 Å². The number of nitro benzene ring substituents is 1. The van der Waals surface area contributed by atoms with Crippen molar-refractivity contribution in [2.24, 2.45) is 5.10 Å². The van der Waals surface area contributed by atoms with Crippen molar-refractivity contribution < 1.29 is 24.2 Å². The summed E-state index contributed by atoms with van der Waals surface area (Å²) >= 11 is 0. The summed E-state index contributed by atoms with van der Waals surface area (Å²) in [7, 11) is 1.48. The fraction of sp³-hybridized carbons (Fsp3) is 0.115. The number of hydrogen-bond donors (Lipinski definition) is 2. The third-order valence-electron chi connectivity index (χ3n) is 5.87. The first kappa shape index (κ1) is 28.0. The number of nitrogens with zero attached hydrogens (tertiary/aromatic N) is 6. The average Bonchev–Trinajstić information content (AvgIpc) is 3.42. The molecule has 0 atom stereocenters. The molecule has 1 aromatic heterocycles. The summed E-state index contributed by atoms with van der Waals surface area (Å²) < 4.78 is 6.64. The van der Waals surface area contributed by atoms with Gasteiger partial charge in [-0.05, 0) is 53.8 Å². The Morgan fingerprint density at radius 2 is 1.78 bits per heavy atom. The van der Waals surface area contributed by atoms with E-state index in [1.54, 1.807) is 30.3 Å². The molecular weight excluding hydrogens is 536 g/mol. The van der Waals surface area contributed by atoms with Crippen molar-refractivity contribution in [3.63, 3.8) is 0 Å². The Labute approximate surface area is 231 Å². The Hall–Kier alpha value is -5.99. The first-order valence-corrected chi connectivity index (χ1v) is 11.9. The van der Waals surface area contributed by atoms with Gasteiger partial charge >= 0.3 is 5.95 Å². The molecule has 0 unspecified atom stereocenters. The van der Waals surface area contributed by atoms with Gasteiger partial charge in [0.15, 0.2) is 0 Å². The molecule has 15 nitrogen and oxygen atoms in total. The van der Waals surface area contributed by atoms with E-state index in [9.17, 15) is 29.8 Å². The molecule has 3 aromatic carbocycles. The Kier molecular flexibility index (Phi) is 8.37. The Bertz CT molecular complexity index is 1680. The summed E-state index contributed by atoms with van der Waals surface area (Å²) in [6.07, 6.45) is 2.62. The van der Waals surface area contributed by atoms with Gasteiger partial charge in [-0.2, -0.15) is 9.78 Å². The highest BCUT2D eigenvalue weighted by atomic mass is 16.6. The predicted molar refractivity (Wildman–Crippen MR) is 146 cm³/mol. The summed E-state index contributed by atoms with van der Waals surface area (Å²) in [6.45, 7) is 1.61. The minimum absolute atomic E-state index is 0.100. The van der Waals surface area contributed by atoms with Crippen LogP contribution in [-0.4, -0.2) is 49.7 Å². The van der Waals surface area contributed by atoms with Crippen molar-refractivity contribution in [1.82, 2.24) is 20.2 Å². The van der Waals surface area contributed by atoms with Gasteiger partial charge in [0.05, 0.1) is 36.0 Å². The number of nitro groups is 2. The van der Waals surface area contributed by atoms with Gasteiger partial charge in [-0.1, -0.05) is 23.2 Å². The van der Waals surface area contributed by atoms with Crippen LogP contribution in [0.4, 0.5) is 17.3 Å². The van der Waals surface area contributed by atoms with Gasteiger partial charge in [-0.3, -0.25) is 19.7 Å². The molecule has 1 heterocycles. The normalized spacial score (nSPS) is 10.8. The Morgan fingerprint density at radius 1 is 1.02 bits per heavy atom. The maximum Gasteiger partial charge on any atom is 0.490 e. The van der Waals surface area contributed by atoms with Crippen LogP contribution in [0, 0.1) is 27.2 Å². The Balaban J connectivity index is 1.47. The molecule has 0 radical (unpaired) electrons. The molecule has 0 aliphatic carbocycles. The van der Waals surface area contributed by atoms with Gasteiger partial charge in [0.2, 0.25) is 6.33 Å². The number of hydrogen-bond acceptors (Lipinski definition) is 10. The van der Waals surface area contributed by atoms with Crippen molar-refractivity contribution >= 4 is 35.4 Å². The number of para-hydroxylation sites is 1. The second-order valence-corrected chi connectivity index (χ2v) is 8.48. The zero-order valence-corrected chi connectivity index (χ0v) is 21.7. The number of carbonyl (C=O) groups excluding carboxylic acids is 2. The standard InChI is InChI=1S/C26H22N8O7/c1-16-19(7-5-9-22(16)33(37)38)24(35)29-21-8-4-3-6-20(21)25(36)30-28-13-17-10-11-23(41-2)18(12-17)14-32-15-27-26(31-32)34(39)40/h3-13,15H,14H2,1-2H3,(H,29,35)(H,30,36)/b28-13+. The molecule has 2 amide bonds. The summed E-state index contributed by atoms with van der Waals surface area (Å²) in [5.41, 5.74) is 4.02. The fourth-order valence-electron chi connectivity index (χ4n) is 3.89. The molecular formula is C26H22N8O7. The maximum absolute atomic E-state index is 12.9. The van der Waals surface area contributed by atoms with Crippen LogP contribution in [0.5, 0.6) is 5.75 Å². The number of methoxy groups -OCH3 is 1. The second-order valence-electron chi connectivity index (χ2n) is 8.48. The highest BCUT2D eigenvalue weighted by molar-refractivity contribution is 6.10. The first-order chi connectivity index (χ1) is 19.7. The van der Waals surface area contributed by atoms with Crippen LogP contribution in [0.25, 0.3) is 0 Å². The van der Waals surface area contributed by atoms with E-state index in [0.29, 0.717) is 16.9 Å². The lowest BCUT2D eigenvalue weighted by atomic mass is 10.1. The van der Waals surface area contributed by atoms with Crippen molar-refractivity contribution in [2.75, 3.05) is 12.4 Å². The largest absolute Gasteiger partial charge is 0.496 e. The lowest BCUT2D eigenvalue weighted by molar-refractivity contribution is -0.394. The Morgan fingerprint density at radius 3 is 2.49 bits per heavy atom. The van der Waals surface area contributed by atoms with E-state index in [4.69, 9.17) is 4.74 Å². The van der Waals surface area contributed by atoms with Gasteiger partial charge in [-0.25, -0.2) is 5.43 Å². The van der Waals surface area contributed by atoms with Crippen LogP contribution < -0.4 is 15.5 Å². The smallest absolute Gasteiger partial charge is 0.490 e. The van der Waals surface area contributed by atoms with Crippen LogP contribution >= 0.6 is 0 Å². The number of benzene rings is 3. The van der Waals surface area contributed by atoms with E-state index < -0.39 is 27.6 Å². The van der Waals surface area contributed by atoms with E-state index in [1.807, 2.05) is 0 Å². The van der Waals surface area contributed by atoms with Crippen molar-refractivity contribution in [2.45, 2.75) is 13.5 Å². The lowest BCUT2D eigenvalue weighted by Crippen LogP contribution is -2.21. The predicted octanol–water partition coefficient (Wildman–Crippen LogP) is 3.48. The zero-order chi connectivity index (χ0) is 29.5. The van der Waals surface area contributed by atoms with E-state index in [-0.39, 0.29) is 34.6 Å². The molecule has 0 saturated heterocycles. The van der Waals surface area contributed by atoms with Crippen LogP contribution in [0.15, 0.2) is 72.1 Å². The number of anilines is 1. The maximum atomic E-state index is 12.9. The van der Waals surface area contributed by atoms with Crippen molar-refractivity contribution in [3.05, 3.63) is 115 Å². The molecule has 0 aliphatic heterocycles. The highest BCUT2D eigenvalue weighted by Crippen LogP contribution is 2.24. The number of hydrazone groups is 1. The second kappa shape index (κ2) is 12.2. The summed E-state index contributed by atoms with van der Waals surface area (Å²) in [4.78, 5) is 50.2. The average molecular weight is 559 g/mol. The number of carbonyl (C=O) groups is 2. The number of rotatable bonds is 10. The minimum Gasteiger partial charge on any atom is -0.496 e. The molecule has 4 aromatic rings. The van der Waals surface area contributed by atoms with Gasteiger partial charge in [-0.15, -0.1) is 0 Å². The lowest BCUT2D eigenvalue weighted by Gasteiger charge is -2.11. The summed E-state index contributed by atoms with van der Waals surface area (Å²) in [6, 6.07) is 15.5. The van der Waals surface area contributed by atoms with Crippen LogP contribution in [0.1, 0.15) is 37.4 Å². The van der Waals surface area contributed by atoms with Crippen molar-refractivity contribution in [3.8, 4) is 5.75 Å². The molecule has 208 valence electrons. The van der Waals surface area contributed by atoms with E-state index in [2.05, 4.69) is 25.9 Å². The SMILES string of the molecule is COc1ccc(/C=N/NC(=O)c2ccccc2NC(=O)c2cccc([N+](=O)[O-])c2C)cc1Cn1cnc([N+](=O)[O-])n1. The molecule has 0 bridgehead atoms. The first-order valence-electron chi connectivity index (χ1n) is 11.9. The highest BCUT2D eigenvalue weighted by Gasteiger charge is 2.20. The third kappa shape index (κ3) is 6.54. The number of ether oxygens (including phenoxy) is 1. The molecule has 15 heteroatoms. The van der Waals surface area contributed by atoms with Gasteiger partial charge < -0.3 is 20.2 Å². The van der Waals surface area contributed by atoms with Gasteiger partial charge in [0.1, 0.15) is 5.75 Å². The fourth-order valence-corrected chi connectivity index (χ4v) is 3.89. The molecule has 41 heavy (non-hydrogen) atoms.